The third-order valence-corrected chi connectivity index (χ3v) is 5.73. The average Bonchev–Trinajstić information content (AvgIpc) is 2.72. The summed E-state index contributed by atoms with van der Waals surface area (Å²) in [4.78, 5) is 16.8. The lowest BCUT2D eigenvalue weighted by atomic mass is 10.3. The summed E-state index contributed by atoms with van der Waals surface area (Å²) < 4.78 is 5.94. The smallest absolute Gasteiger partial charge is 0.234 e. The van der Waals surface area contributed by atoms with Crippen molar-refractivity contribution >= 4 is 57.6 Å². The van der Waals surface area contributed by atoms with Crippen molar-refractivity contribution in [2.45, 2.75) is 19.9 Å². The fraction of sp³-hybridized carbons (Fsp3) is 0.250. The van der Waals surface area contributed by atoms with Crippen LogP contribution in [-0.2, 0) is 4.79 Å². The highest BCUT2D eigenvalue weighted by molar-refractivity contribution is 8.14. The lowest BCUT2D eigenvalue weighted by Crippen LogP contribution is -2.41. The zero-order valence-electron chi connectivity index (χ0n) is 15.9. The van der Waals surface area contributed by atoms with Gasteiger partial charge in [-0.3, -0.25) is 9.80 Å². The fourth-order valence-electron chi connectivity index (χ4n) is 2.57. The molecule has 2 aromatic carbocycles. The number of carbonyl (C=O) groups excluding carboxylic acids is 1. The molecule has 0 fully saturated rings. The molecule has 0 saturated carbocycles. The van der Waals surface area contributed by atoms with Gasteiger partial charge in [-0.05, 0) is 38.1 Å². The van der Waals surface area contributed by atoms with E-state index in [1.54, 1.807) is 18.2 Å². The van der Waals surface area contributed by atoms with Crippen LogP contribution in [0, 0.1) is 0 Å². The first-order chi connectivity index (χ1) is 14.0. The molecular weight excluding hydrogens is 431 g/mol. The normalized spacial score (nSPS) is 16.1. The number of anilines is 1. The van der Waals surface area contributed by atoms with Crippen molar-refractivity contribution in [3.63, 3.8) is 0 Å². The lowest BCUT2D eigenvalue weighted by molar-refractivity contribution is -0.113. The minimum absolute atomic E-state index is 0.108. The maximum atomic E-state index is 12.3. The Morgan fingerprint density at radius 3 is 2.69 bits per heavy atom. The molecule has 1 amide bonds. The Hall–Kier alpha value is -2.22. The van der Waals surface area contributed by atoms with Crippen LogP contribution in [0.4, 0.5) is 5.69 Å². The molecule has 0 aliphatic carbocycles. The molecule has 1 N–H and O–H groups in total. The maximum absolute atomic E-state index is 12.3. The van der Waals surface area contributed by atoms with Crippen molar-refractivity contribution in [3.8, 4) is 5.75 Å². The first kappa shape index (κ1) is 21.5. The number of likely N-dealkylation sites (N-methyl/N-ethyl adjacent to an activating group) is 1. The molecule has 6 nitrogen and oxygen atoms in total. The Balaban J connectivity index is 1.66. The van der Waals surface area contributed by atoms with Gasteiger partial charge in [-0.25, -0.2) is 0 Å². The Bertz CT molecular complexity index is 937. The van der Waals surface area contributed by atoms with E-state index in [0.29, 0.717) is 39.1 Å². The van der Waals surface area contributed by atoms with Gasteiger partial charge in [0.2, 0.25) is 17.0 Å². The number of halogens is 2. The third kappa shape index (κ3) is 5.65. The monoisotopic (exact) mass is 450 g/mol. The molecule has 152 valence electrons. The van der Waals surface area contributed by atoms with Crippen molar-refractivity contribution in [1.82, 2.24) is 5.01 Å². The number of amidine groups is 1. The molecule has 1 atom stereocenters. The highest BCUT2D eigenvalue weighted by atomic mass is 35.5. The summed E-state index contributed by atoms with van der Waals surface area (Å²) in [5.41, 5.74) is 0.468. The van der Waals surface area contributed by atoms with Crippen LogP contribution in [0.15, 0.2) is 58.6 Å². The van der Waals surface area contributed by atoms with Crippen LogP contribution in [0.25, 0.3) is 0 Å². The molecule has 29 heavy (non-hydrogen) atoms. The topological polar surface area (TPSA) is 66.3 Å². The molecule has 0 saturated heterocycles. The van der Waals surface area contributed by atoms with Crippen molar-refractivity contribution < 1.29 is 9.53 Å². The standard InChI is InChI=1S/C20H20Cl2N4O2S/c1-3-26-13(2)19(28-14-8-5-4-6-9-14)24-20(25-26)29-12-17(27)23-16-11-7-10-15(21)18(16)22/h4-11,13H,3,12H2,1-2H3,(H,23,27). The number of nitrogens with zero attached hydrogens (tertiary/aromatic N) is 3. The molecule has 9 heteroatoms. The van der Waals surface area contributed by atoms with Gasteiger partial charge in [0, 0.05) is 6.54 Å². The number of aliphatic imine (C=N–C) groups is 1. The summed E-state index contributed by atoms with van der Waals surface area (Å²) >= 11 is 13.3. The lowest BCUT2D eigenvalue weighted by Gasteiger charge is -2.29. The second kappa shape index (κ2) is 10.0. The molecule has 1 aliphatic rings. The highest BCUT2D eigenvalue weighted by Gasteiger charge is 2.25. The second-order valence-corrected chi connectivity index (χ2v) is 7.85. The van der Waals surface area contributed by atoms with Crippen LogP contribution in [-0.4, -0.2) is 40.3 Å². The molecule has 0 radical (unpaired) electrons. The Kier molecular flexibility index (Phi) is 7.41. The number of carbonyl (C=O) groups is 1. The van der Waals surface area contributed by atoms with E-state index in [1.165, 1.54) is 11.8 Å². The summed E-state index contributed by atoms with van der Waals surface area (Å²) in [6, 6.07) is 14.4. The van der Waals surface area contributed by atoms with Gasteiger partial charge in [0.15, 0.2) is 0 Å². The van der Waals surface area contributed by atoms with Crippen LogP contribution < -0.4 is 10.1 Å². The van der Waals surface area contributed by atoms with E-state index in [0.717, 1.165) is 0 Å². The number of amides is 1. The van der Waals surface area contributed by atoms with E-state index in [9.17, 15) is 4.79 Å². The van der Waals surface area contributed by atoms with E-state index in [-0.39, 0.29) is 17.7 Å². The summed E-state index contributed by atoms with van der Waals surface area (Å²) in [7, 11) is 0. The molecule has 3 rings (SSSR count). The van der Waals surface area contributed by atoms with Gasteiger partial charge >= 0.3 is 0 Å². The third-order valence-electron chi connectivity index (χ3n) is 4.07. The van der Waals surface area contributed by atoms with Crippen LogP contribution in [0.5, 0.6) is 5.75 Å². The van der Waals surface area contributed by atoms with Crippen LogP contribution >= 0.6 is 35.0 Å². The molecule has 1 unspecified atom stereocenters. The van der Waals surface area contributed by atoms with Crippen molar-refractivity contribution in [1.29, 1.82) is 0 Å². The molecular formula is C20H20Cl2N4O2S. The zero-order valence-corrected chi connectivity index (χ0v) is 18.3. The number of rotatable bonds is 5. The van der Waals surface area contributed by atoms with Gasteiger partial charge in [-0.2, -0.15) is 4.99 Å². The van der Waals surface area contributed by atoms with Crippen molar-refractivity contribution in [3.05, 3.63) is 58.6 Å². The average molecular weight is 451 g/mol. The minimum atomic E-state index is -0.232. The number of ether oxygens (including phenoxy) is 1. The zero-order chi connectivity index (χ0) is 20.8. The number of nitrogens with one attached hydrogen (secondary N) is 1. The largest absolute Gasteiger partial charge is 0.441 e. The van der Waals surface area contributed by atoms with E-state index < -0.39 is 0 Å². The van der Waals surface area contributed by atoms with Crippen LogP contribution in [0.3, 0.4) is 0 Å². The Morgan fingerprint density at radius 2 is 1.97 bits per heavy atom. The molecule has 2 aromatic rings. The van der Waals surface area contributed by atoms with E-state index in [1.807, 2.05) is 49.2 Å². The van der Waals surface area contributed by atoms with Gasteiger partial charge in [0.05, 0.1) is 21.5 Å². The Morgan fingerprint density at radius 1 is 1.21 bits per heavy atom. The predicted octanol–water partition coefficient (Wildman–Crippen LogP) is 5.14. The van der Waals surface area contributed by atoms with Gasteiger partial charge in [0.1, 0.15) is 11.8 Å². The van der Waals surface area contributed by atoms with Gasteiger partial charge in [0.25, 0.3) is 0 Å². The summed E-state index contributed by atoms with van der Waals surface area (Å²) in [6.07, 6.45) is 0. The van der Waals surface area contributed by atoms with Crippen molar-refractivity contribution in [2.24, 2.45) is 10.1 Å². The number of thioether (sulfide) groups is 1. The minimum Gasteiger partial charge on any atom is -0.441 e. The number of benzene rings is 2. The highest BCUT2D eigenvalue weighted by Crippen LogP contribution is 2.29. The maximum Gasteiger partial charge on any atom is 0.234 e. The first-order valence-corrected chi connectivity index (χ1v) is 10.8. The SMILES string of the molecule is CCN1N=C(SCC(=O)Nc2cccc(Cl)c2Cl)N=C(Oc2ccccc2)C1C. The second-order valence-electron chi connectivity index (χ2n) is 6.12. The van der Waals surface area contributed by atoms with Gasteiger partial charge < -0.3 is 10.1 Å². The summed E-state index contributed by atoms with van der Waals surface area (Å²) in [5.74, 6) is 1.13. The van der Waals surface area contributed by atoms with Gasteiger partial charge in [-0.1, -0.05) is 59.2 Å². The first-order valence-electron chi connectivity index (χ1n) is 9.01. The van der Waals surface area contributed by atoms with E-state index >= 15 is 0 Å². The van der Waals surface area contributed by atoms with E-state index in [4.69, 9.17) is 27.9 Å². The molecule has 0 aromatic heterocycles. The Labute approximate surface area is 183 Å². The molecule has 1 heterocycles. The van der Waals surface area contributed by atoms with Crippen LogP contribution in [0.1, 0.15) is 13.8 Å². The van der Waals surface area contributed by atoms with E-state index in [2.05, 4.69) is 15.4 Å². The molecule has 1 aliphatic heterocycles. The van der Waals surface area contributed by atoms with Gasteiger partial charge in [-0.15, -0.1) is 5.10 Å². The quantitative estimate of drug-likeness (QED) is 0.684. The molecule has 0 bridgehead atoms. The molecule has 0 spiro atoms. The summed E-state index contributed by atoms with van der Waals surface area (Å²) in [6.45, 7) is 4.67. The summed E-state index contributed by atoms with van der Waals surface area (Å²) in [5, 5.41) is 10.3. The predicted molar refractivity (Wildman–Crippen MR) is 121 cm³/mol. The number of hydrogen-bond acceptors (Lipinski definition) is 6. The van der Waals surface area contributed by atoms with Crippen LogP contribution in [0.2, 0.25) is 10.0 Å². The number of hydrogen-bond donors (Lipinski definition) is 1. The van der Waals surface area contributed by atoms with Crippen molar-refractivity contribution in [2.75, 3.05) is 17.6 Å². The number of para-hydroxylation sites is 1. The fourth-order valence-corrected chi connectivity index (χ4v) is 3.57. The number of hydrazone groups is 1.